The van der Waals surface area contributed by atoms with E-state index in [1.165, 1.54) is 6.07 Å². The summed E-state index contributed by atoms with van der Waals surface area (Å²) < 4.78 is 10.5. The van der Waals surface area contributed by atoms with Crippen molar-refractivity contribution in [2.24, 2.45) is 0 Å². The van der Waals surface area contributed by atoms with Crippen molar-refractivity contribution >= 4 is 23.5 Å². The summed E-state index contributed by atoms with van der Waals surface area (Å²) in [6.07, 6.45) is 1.11. The number of nitrogens with zero attached hydrogens (tertiary/aromatic N) is 2. The Morgan fingerprint density at radius 2 is 2.00 bits per heavy atom. The second-order valence-electron chi connectivity index (χ2n) is 5.51. The van der Waals surface area contributed by atoms with E-state index in [1.54, 1.807) is 0 Å². The summed E-state index contributed by atoms with van der Waals surface area (Å²) in [6.45, 7) is 1.56. The van der Waals surface area contributed by atoms with E-state index in [2.05, 4.69) is 15.3 Å². The molecule has 0 spiro atoms. The van der Waals surface area contributed by atoms with Crippen molar-refractivity contribution in [1.29, 1.82) is 0 Å². The Morgan fingerprint density at radius 3 is 2.75 bits per heavy atom. The highest BCUT2D eigenvalue weighted by Gasteiger charge is 2.20. The molecule has 7 heteroatoms. The minimum atomic E-state index is -0.577. The van der Waals surface area contributed by atoms with Crippen molar-refractivity contribution in [3.05, 3.63) is 52.9 Å². The summed E-state index contributed by atoms with van der Waals surface area (Å²) in [5, 5.41) is 2.90. The van der Waals surface area contributed by atoms with Gasteiger partial charge in [0.15, 0.2) is 0 Å². The summed E-state index contributed by atoms with van der Waals surface area (Å²) in [5.41, 5.74) is 0.913. The lowest BCUT2D eigenvalue weighted by Gasteiger charge is -2.21. The average molecular weight is 348 g/mol. The molecule has 1 amide bonds. The Labute approximate surface area is 145 Å². The molecule has 2 heterocycles. The van der Waals surface area contributed by atoms with E-state index in [0.717, 1.165) is 18.4 Å². The first kappa shape index (κ1) is 16.7. The second kappa shape index (κ2) is 8.08. The molecule has 1 fully saturated rings. The van der Waals surface area contributed by atoms with Crippen LogP contribution in [0.2, 0.25) is 5.15 Å². The minimum absolute atomic E-state index is 0.193. The second-order valence-corrected chi connectivity index (χ2v) is 5.89. The Bertz CT molecular complexity index is 691. The van der Waals surface area contributed by atoms with Gasteiger partial charge in [-0.15, -0.1) is 0 Å². The van der Waals surface area contributed by atoms with Crippen molar-refractivity contribution in [3.8, 4) is 0 Å². The Hall–Kier alpha value is -2.18. The lowest BCUT2D eigenvalue weighted by Crippen LogP contribution is -2.19. The van der Waals surface area contributed by atoms with Crippen LogP contribution >= 0.6 is 11.6 Å². The molecule has 0 unspecified atom stereocenters. The third-order valence-electron chi connectivity index (χ3n) is 3.74. The van der Waals surface area contributed by atoms with Crippen molar-refractivity contribution in [3.63, 3.8) is 0 Å². The molecule has 3 rings (SSSR count). The van der Waals surface area contributed by atoms with Gasteiger partial charge in [-0.25, -0.2) is 14.8 Å². The number of carbonyl (C=O) groups is 1. The van der Waals surface area contributed by atoms with Gasteiger partial charge in [0.1, 0.15) is 23.4 Å². The van der Waals surface area contributed by atoms with Crippen LogP contribution in [0.3, 0.4) is 0 Å². The molecule has 2 aromatic rings. The van der Waals surface area contributed by atoms with Gasteiger partial charge in [-0.1, -0.05) is 41.9 Å². The zero-order chi connectivity index (χ0) is 16.8. The molecular formula is C17H18ClN3O3. The standard InChI is InChI=1S/C17H18ClN3O3/c18-14-10-15(20-16(19-14)13-6-8-23-9-7-13)21-17(22)24-11-12-4-2-1-3-5-12/h1-5,10,13H,6-9,11H2,(H,19,20,21,22). The molecule has 126 valence electrons. The molecular weight excluding hydrogens is 330 g/mol. The highest BCUT2D eigenvalue weighted by atomic mass is 35.5. The zero-order valence-electron chi connectivity index (χ0n) is 13.1. The number of amides is 1. The fourth-order valence-corrected chi connectivity index (χ4v) is 2.69. The number of aromatic nitrogens is 2. The van der Waals surface area contributed by atoms with Crippen LogP contribution in [-0.4, -0.2) is 29.3 Å². The molecule has 1 N–H and O–H groups in total. The van der Waals surface area contributed by atoms with E-state index in [0.29, 0.717) is 30.0 Å². The average Bonchev–Trinajstić information content (AvgIpc) is 2.61. The highest BCUT2D eigenvalue weighted by Crippen LogP contribution is 2.26. The fourth-order valence-electron chi connectivity index (χ4n) is 2.50. The number of rotatable bonds is 4. The first-order valence-electron chi connectivity index (χ1n) is 7.80. The van der Waals surface area contributed by atoms with Gasteiger partial charge in [0.25, 0.3) is 0 Å². The number of benzene rings is 1. The Morgan fingerprint density at radius 1 is 1.25 bits per heavy atom. The maximum absolute atomic E-state index is 11.9. The molecule has 0 saturated carbocycles. The van der Waals surface area contributed by atoms with Crippen LogP contribution in [0.15, 0.2) is 36.4 Å². The largest absolute Gasteiger partial charge is 0.444 e. The number of hydrogen-bond donors (Lipinski definition) is 1. The maximum Gasteiger partial charge on any atom is 0.413 e. The molecule has 1 aromatic heterocycles. The lowest BCUT2D eigenvalue weighted by molar-refractivity contribution is 0.0836. The van der Waals surface area contributed by atoms with Crippen LogP contribution < -0.4 is 5.32 Å². The molecule has 0 aliphatic carbocycles. The number of halogens is 1. The molecule has 0 bridgehead atoms. The van der Waals surface area contributed by atoms with E-state index in [1.807, 2.05) is 30.3 Å². The highest BCUT2D eigenvalue weighted by molar-refractivity contribution is 6.29. The molecule has 1 aromatic carbocycles. The normalized spacial score (nSPS) is 15.0. The number of carbonyl (C=O) groups excluding carboxylic acids is 1. The number of hydrogen-bond acceptors (Lipinski definition) is 5. The number of anilines is 1. The maximum atomic E-state index is 11.9. The lowest BCUT2D eigenvalue weighted by atomic mass is 9.99. The summed E-state index contributed by atoms with van der Waals surface area (Å²) in [4.78, 5) is 20.6. The fraction of sp³-hybridized carbons (Fsp3) is 0.353. The van der Waals surface area contributed by atoms with Crippen LogP contribution in [0, 0.1) is 0 Å². The predicted octanol–water partition coefficient (Wildman–Crippen LogP) is 3.77. The molecule has 1 aliphatic rings. The van der Waals surface area contributed by atoms with E-state index in [-0.39, 0.29) is 12.5 Å². The zero-order valence-corrected chi connectivity index (χ0v) is 13.8. The van der Waals surface area contributed by atoms with E-state index < -0.39 is 6.09 Å². The third-order valence-corrected chi connectivity index (χ3v) is 3.94. The van der Waals surface area contributed by atoms with Gasteiger partial charge in [0, 0.05) is 25.2 Å². The van der Waals surface area contributed by atoms with Crippen LogP contribution in [0.25, 0.3) is 0 Å². The monoisotopic (exact) mass is 347 g/mol. The predicted molar refractivity (Wildman–Crippen MR) is 90.1 cm³/mol. The van der Waals surface area contributed by atoms with E-state index >= 15 is 0 Å². The SMILES string of the molecule is O=C(Nc1cc(Cl)nc(C2CCOCC2)n1)OCc1ccccc1. The van der Waals surface area contributed by atoms with E-state index in [4.69, 9.17) is 21.1 Å². The molecule has 6 nitrogen and oxygen atoms in total. The van der Waals surface area contributed by atoms with Gasteiger partial charge < -0.3 is 9.47 Å². The van der Waals surface area contributed by atoms with Crippen molar-refractivity contribution in [2.75, 3.05) is 18.5 Å². The summed E-state index contributed by atoms with van der Waals surface area (Å²) >= 11 is 6.05. The van der Waals surface area contributed by atoms with Crippen molar-refractivity contribution < 1.29 is 14.3 Å². The van der Waals surface area contributed by atoms with Crippen LogP contribution in [-0.2, 0) is 16.1 Å². The topological polar surface area (TPSA) is 73.3 Å². The molecule has 24 heavy (non-hydrogen) atoms. The minimum Gasteiger partial charge on any atom is -0.444 e. The van der Waals surface area contributed by atoms with Crippen LogP contribution in [0.5, 0.6) is 0 Å². The summed E-state index contributed by atoms with van der Waals surface area (Å²) in [7, 11) is 0. The first-order valence-corrected chi connectivity index (χ1v) is 8.18. The van der Waals surface area contributed by atoms with Gasteiger partial charge >= 0.3 is 6.09 Å². The van der Waals surface area contributed by atoms with Crippen LogP contribution in [0.1, 0.15) is 30.1 Å². The van der Waals surface area contributed by atoms with Crippen LogP contribution in [0.4, 0.5) is 10.6 Å². The quantitative estimate of drug-likeness (QED) is 0.852. The number of nitrogens with one attached hydrogen (secondary N) is 1. The van der Waals surface area contributed by atoms with Gasteiger partial charge in [0.2, 0.25) is 0 Å². The van der Waals surface area contributed by atoms with Gasteiger partial charge in [-0.3, -0.25) is 5.32 Å². The summed E-state index contributed by atoms with van der Waals surface area (Å²) in [6, 6.07) is 11.0. The Balaban J connectivity index is 1.61. The van der Waals surface area contributed by atoms with Gasteiger partial charge in [-0.05, 0) is 18.4 Å². The van der Waals surface area contributed by atoms with Gasteiger partial charge in [0.05, 0.1) is 0 Å². The summed E-state index contributed by atoms with van der Waals surface area (Å²) in [5.74, 6) is 1.16. The molecule has 1 saturated heterocycles. The van der Waals surface area contributed by atoms with Gasteiger partial charge in [-0.2, -0.15) is 0 Å². The Kier molecular flexibility index (Phi) is 5.61. The molecule has 0 radical (unpaired) electrons. The first-order chi connectivity index (χ1) is 11.7. The third kappa shape index (κ3) is 4.66. The number of ether oxygens (including phenoxy) is 2. The smallest absolute Gasteiger partial charge is 0.413 e. The molecule has 1 aliphatic heterocycles. The van der Waals surface area contributed by atoms with E-state index in [9.17, 15) is 4.79 Å². The molecule has 0 atom stereocenters. The van der Waals surface area contributed by atoms with Crippen molar-refractivity contribution in [1.82, 2.24) is 9.97 Å². The van der Waals surface area contributed by atoms with Crippen molar-refractivity contribution in [2.45, 2.75) is 25.4 Å².